The molecule has 1 fully saturated rings. The van der Waals surface area contributed by atoms with E-state index < -0.39 is 5.54 Å². The molecule has 7 heteroatoms. The minimum atomic E-state index is -0.820. The van der Waals surface area contributed by atoms with Gasteiger partial charge < -0.3 is 10.2 Å². The number of piperazine rings is 1. The highest BCUT2D eigenvalue weighted by atomic mass is 32.1. The second-order valence-corrected chi connectivity index (χ2v) is 4.84. The molecule has 2 amide bonds. The number of carbonyl (C=O) groups excluding carboxylic acids is 2. The zero-order valence-corrected chi connectivity index (χ0v) is 9.87. The molecule has 0 bridgehead atoms. The van der Waals surface area contributed by atoms with Crippen LogP contribution in [0.2, 0.25) is 0 Å². The maximum absolute atomic E-state index is 12.1. The molecule has 6 nitrogen and oxygen atoms in total. The molecule has 1 N–H and O–H groups in total. The van der Waals surface area contributed by atoms with E-state index in [0.29, 0.717) is 18.0 Å². The molecule has 1 aliphatic rings. The first-order valence-corrected chi connectivity index (χ1v) is 5.68. The standard InChI is InChI=1S/C9H12N4O2S/c1-9(2)8(15)10-3-4-13(9)7(14)6-5-11-12-16-6/h5H,3-4H2,1-2H3,(H,10,15). The van der Waals surface area contributed by atoms with E-state index in [2.05, 4.69) is 14.9 Å². The number of amides is 2. The zero-order chi connectivity index (χ0) is 11.8. The predicted molar refractivity (Wildman–Crippen MR) is 58.0 cm³/mol. The summed E-state index contributed by atoms with van der Waals surface area (Å²) in [6.45, 7) is 4.46. The molecule has 1 aromatic rings. The Balaban J connectivity index is 2.26. The van der Waals surface area contributed by atoms with Gasteiger partial charge in [0.1, 0.15) is 10.4 Å². The van der Waals surface area contributed by atoms with Crippen molar-refractivity contribution in [3.63, 3.8) is 0 Å². The van der Waals surface area contributed by atoms with E-state index in [1.165, 1.54) is 6.20 Å². The van der Waals surface area contributed by atoms with Crippen LogP contribution < -0.4 is 5.32 Å². The molecule has 1 saturated heterocycles. The summed E-state index contributed by atoms with van der Waals surface area (Å²) in [5, 5.41) is 6.37. The van der Waals surface area contributed by atoms with Crippen molar-refractivity contribution < 1.29 is 9.59 Å². The van der Waals surface area contributed by atoms with Crippen LogP contribution >= 0.6 is 11.5 Å². The van der Waals surface area contributed by atoms with E-state index in [1.54, 1.807) is 18.7 Å². The summed E-state index contributed by atoms with van der Waals surface area (Å²) >= 11 is 1.04. The van der Waals surface area contributed by atoms with Crippen LogP contribution in [0.15, 0.2) is 6.20 Å². The Morgan fingerprint density at radius 1 is 1.62 bits per heavy atom. The van der Waals surface area contributed by atoms with Crippen molar-refractivity contribution in [2.75, 3.05) is 13.1 Å². The van der Waals surface area contributed by atoms with Crippen molar-refractivity contribution in [1.82, 2.24) is 19.8 Å². The van der Waals surface area contributed by atoms with Crippen LogP contribution in [0.4, 0.5) is 0 Å². The van der Waals surface area contributed by atoms with Crippen molar-refractivity contribution in [3.05, 3.63) is 11.1 Å². The monoisotopic (exact) mass is 240 g/mol. The van der Waals surface area contributed by atoms with Crippen LogP contribution in [0, 0.1) is 0 Å². The van der Waals surface area contributed by atoms with Gasteiger partial charge in [-0.05, 0) is 25.4 Å². The lowest BCUT2D eigenvalue weighted by atomic mass is 9.99. The molecule has 0 aliphatic carbocycles. The van der Waals surface area contributed by atoms with Crippen LogP contribution in [-0.2, 0) is 4.79 Å². The van der Waals surface area contributed by atoms with Crippen molar-refractivity contribution in [1.29, 1.82) is 0 Å². The average molecular weight is 240 g/mol. The van der Waals surface area contributed by atoms with Crippen LogP contribution in [0.3, 0.4) is 0 Å². The van der Waals surface area contributed by atoms with Gasteiger partial charge in [0.05, 0.1) is 6.20 Å². The van der Waals surface area contributed by atoms with Gasteiger partial charge in [-0.25, -0.2) is 0 Å². The smallest absolute Gasteiger partial charge is 0.268 e. The summed E-state index contributed by atoms with van der Waals surface area (Å²) in [5.41, 5.74) is -0.820. The van der Waals surface area contributed by atoms with Gasteiger partial charge in [-0.2, -0.15) is 0 Å². The fourth-order valence-corrected chi connectivity index (χ4v) is 2.11. The van der Waals surface area contributed by atoms with E-state index in [0.717, 1.165) is 11.5 Å². The predicted octanol–water partition coefficient (Wildman–Crippen LogP) is -0.111. The van der Waals surface area contributed by atoms with Crippen molar-refractivity contribution >= 4 is 23.3 Å². The maximum atomic E-state index is 12.1. The third kappa shape index (κ3) is 1.67. The van der Waals surface area contributed by atoms with Crippen molar-refractivity contribution in [2.24, 2.45) is 0 Å². The Bertz CT molecular complexity index is 415. The van der Waals surface area contributed by atoms with Gasteiger partial charge >= 0.3 is 0 Å². The number of nitrogens with one attached hydrogen (secondary N) is 1. The van der Waals surface area contributed by atoms with E-state index in [4.69, 9.17) is 0 Å². The van der Waals surface area contributed by atoms with Crippen molar-refractivity contribution in [3.8, 4) is 0 Å². The molecular formula is C9H12N4O2S. The fraction of sp³-hybridized carbons (Fsp3) is 0.556. The average Bonchev–Trinajstić information content (AvgIpc) is 2.74. The molecule has 1 aromatic heterocycles. The highest BCUT2D eigenvalue weighted by Gasteiger charge is 2.41. The molecule has 0 saturated carbocycles. The van der Waals surface area contributed by atoms with Gasteiger partial charge in [-0.15, -0.1) is 5.10 Å². The minimum Gasteiger partial charge on any atom is -0.352 e. The van der Waals surface area contributed by atoms with E-state index in [-0.39, 0.29) is 11.8 Å². The molecule has 0 spiro atoms. The number of hydrogen-bond donors (Lipinski definition) is 1. The first kappa shape index (κ1) is 11.0. The first-order chi connectivity index (χ1) is 7.53. The summed E-state index contributed by atoms with van der Waals surface area (Å²) in [6, 6.07) is 0. The highest BCUT2D eigenvalue weighted by Crippen LogP contribution is 2.21. The summed E-state index contributed by atoms with van der Waals surface area (Å²) in [6.07, 6.45) is 1.43. The van der Waals surface area contributed by atoms with Crippen LogP contribution in [0.5, 0.6) is 0 Å². The lowest BCUT2D eigenvalue weighted by molar-refractivity contribution is -0.133. The van der Waals surface area contributed by atoms with Crippen LogP contribution in [0.1, 0.15) is 23.5 Å². The van der Waals surface area contributed by atoms with Crippen LogP contribution in [0.25, 0.3) is 0 Å². The normalized spacial score (nSPS) is 19.4. The molecule has 16 heavy (non-hydrogen) atoms. The first-order valence-electron chi connectivity index (χ1n) is 4.91. The third-order valence-electron chi connectivity index (χ3n) is 2.67. The molecule has 2 heterocycles. The Kier molecular flexibility index (Phi) is 2.63. The Labute approximate surface area is 96.8 Å². The topological polar surface area (TPSA) is 75.2 Å². The molecule has 0 unspecified atom stereocenters. The number of hydrogen-bond acceptors (Lipinski definition) is 5. The van der Waals surface area contributed by atoms with E-state index >= 15 is 0 Å². The van der Waals surface area contributed by atoms with Crippen molar-refractivity contribution in [2.45, 2.75) is 19.4 Å². The Morgan fingerprint density at radius 2 is 2.38 bits per heavy atom. The van der Waals surface area contributed by atoms with Gasteiger partial charge in [0.2, 0.25) is 5.91 Å². The number of rotatable bonds is 1. The Hall–Kier alpha value is -1.50. The summed E-state index contributed by atoms with van der Waals surface area (Å²) in [7, 11) is 0. The molecule has 1 aliphatic heterocycles. The summed E-state index contributed by atoms with van der Waals surface area (Å²) < 4.78 is 3.65. The highest BCUT2D eigenvalue weighted by molar-refractivity contribution is 7.07. The van der Waals surface area contributed by atoms with E-state index in [9.17, 15) is 9.59 Å². The largest absolute Gasteiger partial charge is 0.352 e. The zero-order valence-electron chi connectivity index (χ0n) is 9.06. The number of aromatic nitrogens is 2. The second kappa shape index (κ2) is 3.82. The van der Waals surface area contributed by atoms with Crippen LogP contribution in [-0.4, -0.2) is 44.9 Å². The van der Waals surface area contributed by atoms with Gasteiger partial charge in [-0.1, -0.05) is 4.49 Å². The summed E-state index contributed by atoms with van der Waals surface area (Å²) in [4.78, 5) is 25.8. The quantitative estimate of drug-likeness (QED) is 0.743. The number of nitrogens with zero attached hydrogens (tertiary/aromatic N) is 3. The lowest BCUT2D eigenvalue weighted by Crippen LogP contribution is -2.63. The molecule has 2 rings (SSSR count). The molecule has 86 valence electrons. The SMILES string of the molecule is CC1(C)C(=O)NCCN1C(=O)c1cnns1. The third-order valence-corrected chi connectivity index (χ3v) is 3.32. The molecule has 0 atom stereocenters. The second-order valence-electron chi connectivity index (χ2n) is 4.05. The van der Waals surface area contributed by atoms with E-state index in [1.807, 2.05) is 0 Å². The molecule has 0 radical (unpaired) electrons. The fourth-order valence-electron chi connectivity index (χ4n) is 1.65. The maximum Gasteiger partial charge on any atom is 0.268 e. The van der Waals surface area contributed by atoms with Gasteiger partial charge in [0.15, 0.2) is 0 Å². The minimum absolute atomic E-state index is 0.135. The molecule has 0 aromatic carbocycles. The van der Waals surface area contributed by atoms with Gasteiger partial charge in [-0.3, -0.25) is 9.59 Å². The summed E-state index contributed by atoms with van der Waals surface area (Å²) in [5.74, 6) is -0.320. The molecular weight excluding hydrogens is 228 g/mol. The Morgan fingerprint density at radius 3 is 3.00 bits per heavy atom. The lowest BCUT2D eigenvalue weighted by Gasteiger charge is -2.40. The number of carbonyl (C=O) groups is 2. The van der Waals surface area contributed by atoms with Gasteiger partial charge in [0, 0.05) is 13.1 Å². The van der Waals surface area contributed by atoms with Gasteiger partial charge in [0.25, 0.3) is 5.91 Å².